The number of carbonyl (C=O) groups excluding carboxylic acids is 1. The Hall–Kier alpha value is -3.03. The topological polar surface area (TPSA) is 75.7 Å². The maximum Gasteiger partial charge on any atom is 0.264 e. The molecule has 0 saturated heterocycles. The molecule has 0 unspecified atom stereocenters. The van der Waals surface area contributed by atoms with Crippen molar-refractivity contribution in [2.24, 2.45) is 0 Å². The Kier molecular flexibility index (Phi) is 6.39. The number of fused-ring (bicyclic) bond motifs is 1. The molecule has 1 heterocycles. The number of nitrogens with zero attached hydrogens (tertiary/aromatic N) is 1. The number of carbonyl (C=O) groups is 1. The van der Waals surface area contributed by atoms with E-state index in [9.17, 15) is 13.2 Å². The first-order valence-corrected chi connectivity index (χ1v) is 12.0. The van der Waals surface area contributed by atoms with Gasteiger partial charge < -0.3 is 10.1 Å². The normalized spacial score (nSPS) is 16.6. The Labute approximate surface area is 192 Å². The number of nitrogens with one attached hydrogen (secondary N) is 1. The lowest BCUT2D eigenvalue weighted by atomic mass is 10.0. The van der Waals surface area contributed by atoms with E-state index in [-0.39, 0.29) is 23.3 Å². The van der Waals surface area contributed by atoms with E-state index in [1.807, 2.05) is 37.3 Å². The van der Waals surface area contributed by atoms with Crippen LogP contribution in [0.1, 0.15) is 18.4 Å². The number of anilines is 1. The summed E-state index contributed by atoms with van der Waals surface area (Å²) < 4.78 is 33.8. The van der Waals surface area contributed by atoms with Crippen molar-refractivity contribution < 1.29 is 17.9 Å². The van der Waals surface area contributed by atoms with Crippen LogP contribution in [0.2, 0.25) is 5.02 Å². The third-order valence-corrected chi connectivity index (χ3v) is 7.43. The van der Waals surface area contributed by atoms with Crippen molar-refractivity contribution in [3.8, 4) is 5.75 Å². The monoisotopic (exact) mass is 470 g/mol. The van der Waals surface area contributed by atoms with E-state index in [1.54, 1.807) is 24.3 Å². The number of ether oxygens (including phenoxy) is 1. The number of rotatable bonds is 6. The summed E-state index contributed by atoms with van der Waals surface area (Å²) in [6.45, 7) is 2.30. The van der Waals surface area contributed by atoms with Crippen molar-refractivity contribution in [3.05, 3.63) is 89.4 Å². The third kappa shape index (κ3) is 4.59. The van der Waals surface area contributed by atoms with Crippen molar-refractivity contribution in [3.63, 3.8) is 0 Å². The summed E-state index contributed by atoms with van der Waals surface area (Å²) in [5.41, 5.74) is 1.50. The van der Waals surface area contributed by atoms with Crippen LogP contribution in [0, 0.1) is 0 Å². The predicted octanol–water partition coefficient (Wildman–Crippen LogP) is 4.22. The zero-order chi connectivity index (χ0) is 22.7. The average Bonchev–Trinajstić information content (AvgIpc) is 2.82. The Morgan fingerprint density at radius 3 is 2.44 bits per heavy atom. The summed E-state index contributed by atoms with van der Waals surface area (Å²) in [6, 6.07) is 22.6. The summed E-state index contributed by atoms with van der Waals surface area (Å²) in [6.07, 6.45) is -0.977. The molecule has 32 heavy (non-hydrogen) atoms. The SMILES string of the molecule is C[C@H](CNC(=O)[C@H]1CN(S(=O)(=O)c2ccc(Cl)cc2)c2ccccc2O1)c1ccccc1. The van der Waals surface area contributed by atoms with E-state index in [4.69, 9.17) is 16.3 Å². The van der Waals surface area contributed by atoms with E-state index < -0.39 is 16.1 Å². The molecule has 3 aromatic rings. The van der Waals surface area contributed by atoms with Crippen LogP contribution < -0.4 is 14.4 Å². The molecule has 1 amide bonds. The molecule has 0 radical (unpaired) electrons. The van der Waals surface area contributed by atoms with Crippen LogP contribution in [0.25, 0.3) is 0 Å². The second-order valence-electron chi connectivity index (χ2n) is 7.62. The van der Waals surface area contributed by atoms with Gasteiger partial charge in [-0.3, -0.25) is 9.10 Å². The van der Waals surface area contributed by atoms with E-state index in [0.29, 0.717) is 23.0 Å². The molecule has 4 rings (SSSR count). The third-order valence-electron chi connectivity index (χ3n) is 5.38. The summed E-state index contributed by atoms with van der Waals surface area (Å²) in [5, 5.41) is 3.34. The second-order valence-corrected chi connectivity index (χ2v) is 9.92. The molecule has 0 saturated carbocycles. The molecule has 0 spiro atoms. The minimum absolute atomic E-state index is 0.0930. The molecule has 0 aromatic heterocycles. The van der Waals surface area contributed by atoms with Gasteiger partial charge in [0.15, 0.2) is 6.10 Å². The van der Waals surface area contributed by atoms with Crippen LogP contribution in [0.4, 0.5) is 5.69 Å². The molecule has 166 valence electrons. The largest absolute Gasteiger partial charge is 0.476 e. The number of sulfonamides is 1. The van der Waals surface area contributed by atoms with Gasteiger partial charge in [-0.25, -0.2) is 8.42 Å². The number of para-hydroxylation sites is 2. The first-order valence-electron chi connectivity index (χ1n) is 10.2. The van der Waals surface area contributed by atoms with Crippen molar-refractivity contribution in [2.75, 3.05) is 17.4 Å². The number of hydrogen-bond donors (Lipinski definition) is 1. The number of halogens is 1. The highest BCUT2D eigenvalue weighted by Gasteiger charge is 2.37. The van der Waals surface area contributed by atoms with Gasteiger partial charge >= 0.3 is 0 Å². The van der Waals surface area contributed by atoms with Crippen LogP contribution in [-0.4, -0.2) is 33.5 Å². The van der Waals surface area contributed by atoms with Gasteiger partial charge in [-0.2, -0.15) is 0 Å². The van der Waals surface area contributed by atoms with Crippen LogP contribution >= 0.6 is 11.6 Å². The molecule has 1 N–H and O–H groups in total. The lowest BCUT2D eigenvalue weighted by molar-refractivity contribution is -0.127. The number of amides is 1. The summed E-state index contributed by atoms with van der Waals surface area (Å²) in [4.78, 5) is 13.0. The van der Waals surface area contributed by atoms with Crippen LogP contribution in [0.3, 0.4) is 0 Å². The summed E-state index contributed by atoms with van der Waals surface area (Å²) in [5.74, 6) is 0.0797. The van der Waals surface area contributed by atoms with Gasteiger partial charge in [-0.15, -0.1) is 0 Å². The lowest BCUT2D eigenvalue weighted by Gasteiger charge is -2.34. The Morgan fingerprint density at radius 1 is 1.06 bits per heavy atom. The summed E-state index contributed by atoms with van der Waals surface area (Å²) in [7, 11) is -3.92. The van der Waals surface area contributed by atoms with Gasteiger partial charge in [-0.05, 0) is 47.9 Å². The maximum atomic E-state index is 13.4. The van der Waals surface area contributed by atoms with Crippen LogP contribution in [-0.2, 0) is 14.8 Å². The van der Waals surface area contributed by atoms with E-state index in [0.717, 1.165) is 5.56 Å². The fourth-order valence-electron chi connectivity index (χ4n) is 3.57. The second kappa shape index (κ2) is 9.22. The highest BCUT2D eigenvalue weighted by Crippen LogP contribution is 2.37. The zero-order valence-electron chi connectivity index (χ0n) is 17.4. The van der Waals surface area contributed by atoms with Gasteiger partial charge in [0, 0.05) is 11.6 Å². The van der Waals surface area contributed by atoms with Gasteiger partial charge in [0.2, 0.25) is 0 Å². The fourth-order valence-corrected chi connectivity index (χ4v) is 5.17. The van der Waals surface area contributed by atoms with Crippen LogP contribution in [0.5, 0.6) is 5.75 Å². The quantitative estimate of drug-likeness (QED) is 0.585. The molecule has 0 fully saturated rings. The molecule has 0 aliphatic carbocycles. The Balaban J connectivity index is 1.55. The molecule has 0 bridgehead atoms. The Morgan fingerprint density at radius 2 is 1.72 bits per heavy atom. The minimum atomic E-state index is -3.92. The van der Waals surface area contributed by atoms with Crippen molar-refractivity contribution in [2.45, 2.75) is 23.8 Å². The van der Waals surface area contributed by atoms with E-state index in [2.05, 4.69) is 5.32 Å². The van der Waals surface area contributed by atoms with Crippen molar-refractivity contribution in [1.82, 2.24) is 5.32 Å². The first-order chi connectivity index (χ1) is 15.4. The van der Waals surface area contributed by atoms with Crippen molar-refractivity contribution in [1.29, 1.82) is 0 Å². The minimum Gasteiger partial charge on any atom is -0.476 e. The fraction of sp³-hybridized carbons (Fsp3) is 0.208. The molecule has 1 aliphatic heterocycles. The highest BCUT2D eigenvalue weighted by molar-refractivity contribution is 7.92. The van der Waals surface area contributed by atoms with Gasteiger partial charge in [0.05, 0.1) is 17.1 Å². The summed E-state index contributed by atoms with van der Waals surface area (Å²) >= 11 is 5.92. The number of hydrogen-bond acceptors (Lipinski definition) is 4. The lowest BCUT2D eigenvalue weighted by Crippen LogP contribution is -2.51. The molecule has 2 atom stereocenters. The van der Waals surface area contributed by atoms with Gasteiger partial charge in [-0.1, -0.05) is 61.0 Å². The van der Waals surface area contributed by atoms with E-state index in [1.165, 1.54) is 28.6 Å². The Bertz CT molecular complexity index is 1200. The van der Waals surface area contributed by atoms with Gasteiger partial charge in [0.25, 0.3) is 15.9 Å². The van der Waals surface area contributed by atoms with Gasteiger partial charge in [0.1, 0.15) is 5.75 Å². The molecular weight excluding hydrogens is 448 g/mol. The number of benzene rings is 3. The van der Waals surface area contributed by atoms with Crippen LogP contribution in [0.15, 0.2) is 83.8 Å². The molecule has 3 aromatic carbocycles. The van der Waals surface area contributed by atoms with E-state index >= 15 is 0 Å². The molecule has 6 nitrogen and oxygen atoms in total. The molecule has 8 heteroatoms. The molecular formula is C24H23ClN2O4S. The van der Waals surface area contributed by atoms with Crippen molar-refractivity contribution >= 4 is 33.2 Å². The first kappa shape index (κ1) is 22.2. The standard InChI is InChI=1S/C24H23ClN2O4S/c1-17(18-7-3-2-4-8-18)15-26-24(28)23-16-27(21-9-5-6-10-22(21)31-23)32(29,30)20-13-11-19(25)12-14-20/h2-14,17,23H,15-16H2,1H3,(H,26,28)/t17-,23-/m1/s1. The molecule has 1 aliphatic rings. The smallest absolute Gasteiger partial charge is 0.264 e. The zero-order valence-corrected chi connectivity index (χ0v) is 19.0. The highest BCUT2D eigenvalue weighted by atomic mass is 35.5. The predicted molar refractivity (Wildman–Crippen MR) is 125 cm³/mol. The average molecular weight is 471 g/mol. The maximum absolute atomic E-state index is 13.4.